The van der Waals surface area contributed by atoms with Gasteiger partial charge < -0.3 is 10.4 Å². The molecule has 2 fully saturated rings. The fourth-order valence-electron chi connectivity index (χ4n) is 2.76. The molecule has 0 saturated carbocycles. The molecule has 0 aliphatic carbocycles. The van der Waals surface area contributed by atoms with Crippen molar-refractivity contribution in [3.05, 3.63) is 0 Å². The maximum atomic E-state index is 12.2. The number of piperidine rings is 1. The zero-order chi connectivity index (χ0) is 13.2. The highest BCUT2D eigenvalue weighted by Crippen LogP contribution is 2.25. The minimum atomic E-state index is -3.18. The van der Waals surface area contributed by atoms with Crippen LogP contribution in [0.4, 0.5) is 0 Å². The first kappa shape index (κ1) is 14.2. The van der Waals surface area contributed by atoms with E-state index in [0.29, 0.717) is 18.9 Å². The lowest BCUT2D eigenvalue weighted by molar-refractivity contribution is 0.0762. The summed E-state index contributed by atoms with van der Waals surface area (Å²) in [6.45, 7) is 4.42. The summed E-state index contributed by atoms with van der Waals surface area (Å²) >= 11 is 0. The number of β-amino-alcohol motifs (C(OH)–C–C–N with tert-alkyl or cyclic N) is 1. The quantitative estimate of drug-likeness (QED) is 0.767. The first-order valence-corrected chi connectivity index (χ1v) is 8.41. The molecule has 2 heterocycles. The van der Waals surface area contributed by atoms with Crippen LogP contribution in [0.25, 0.3) is 0 Å². The summed E-state index contributed by atoms with van der Waals surface area (Å²) in [6, 6.07) is 0. The van der Waals surface area contributed by atoms with Crippen molar-refractivity contribution in [2.75, 3.05) is 31.9 Å². The van der Waals surface area contributed by atoms with Gasteiger partial charge in [0, 0.05) is 13.1 Å². The van der Waals surface area contributed by atoms with Crippen LogP contribution in [0.5, 0.6) is 0 Å². The Balaban J connectivity index is 1.84. The van der Waals surface area contributed by atoms with Gasteiger partial charge in [0.05, 0.1) is 11.4 Å². The fraction of sp³-hybridized carbons (Fsp3) is 1.00. The van der Waals surface area contributed by atoms with Crippen LogP contribution in [0.3, 0.4) is 0 Å². The molecule has 2 aliphatic heterocycles. The number of hydrogen-bond donors (Lipinski definition) is 2. The highest BCUT2D eigenvalue weighted by molar-refractivity contribution is 7.89. The Hall–Kier alpha value is -0.170. The summed E-state index contributed by atoms with van der Waals surface area (Å²) in [7, 11) is -3.18. The number of rotatable bonds is 4. The normalized spacial score (nSPS) is 31.9. The van der Waals surface area contributed by atoms with E-state index in [1.54, 1.807) is 6.92 Å². The third-order valence-corrected chi connectivity index (χ3v) is 5.90. The summed E-state index contributed by atoms with van der Waals surface area (Å²) in [5.74, 6) is 0.762. The first-order valence-electron chi connectivity index (χ1n) is 6.80. The molecule has 5 nitrogen and oxygen atoms in total. The largest absolute Gasteiger partial charge is 0.389 e. The smallest absolute Gasteiger partial charge is 0.214 e. The van der Waals surface area contributed by atoms with E-state index in [0.717, 1.165) is 32.4 Å². The monoisotopic (exact) mass is 276 g/mol. The van der Waals surface area contributed by atoms with Gasteiger partial charge in [-0.15, -0.1) is 0 Å². The predicted molar refractivity (Wildman–Crippen MR) is 70.8 cm³/mol. The third-order valence-electron chi connectivity index (χ3n) is 4.05. The SMILES string of the molecule is CC1(O)CCN(S(=O)(=O)CCC2CCNCC2)C1. The van der Waals surface area contributed by atoms with Gasteiger partial charge in [0.15, 0.2) is 0 Å². The second-order valence-electron chi connectivity index (χ2n) is 5.88. The Labute approximate surface area is 110 Å². The van der Waals surface area contributed by atoms with Gasteiger partial charge in [-0.2, -0.15) is 4.31 Å². The Morgan fingerprint density at radius 3 is 2.61 bits per heavy atom. The van der Waals surface area contributed by atoms with Crippen molar-refractivity contribution in [1.82, 2.24) is 9.62 Å². The lowest BCUT2D eigenvalue weighted by Gasteiger charge is -2.24. The molecule has 18 heavy (non-hydrogen) atoms. The summed E-state index contributed by atoms with van der Waals surface area (Å²) < 4.78 is 25.8. The standard InChI is InChI=1S/C12H24N2O3S/c1-12(15)5-8-14(10-12)18(16,17)9-4-11-2-6-13-7-3-11/h11,13,15H,2-10H2,1H3. The number of nitrogens with zero attached hydrogens (tertiary/aromatic N) is 1. The van der Waals surface area contributed by atoms with Gasteiger partial charge in [-0.05, 0) is 51.6 Å². The molecule has 2 N–H and O–H groups in total. The number of sulfonamides is 1. The molecule has 2 rings (SSSR count). The second-order valence-corrected chi connectivity index (χ2v) is 7.97. The summed E-state index contributed by atoms with van der Waals surface area (Å²) in [5.41, 5.74) is -0.845. The molecule has 106 valence electrons. The van der Waals surface area contributed by atoms with Crippen LogP contribution in [0.15, 0.2) is 0 Å². The van der Waals surface area contributed by atoms with Gasteiger partial charge in [0.1, 0.15) is 0 Å². The third kappa shape index (κ3) is 3.66. The van der Waals surface area contributed by atoms with E-state index in [9.17, 15) is 13.5 Å². The minimum Gasteiger partial charge on any atom is -0.389 e. The van der Waals surface area contributed by atoms with Gasteiger partial charge in [-0.3, -0.25) is 0 Å². The van der Waals surface area contributed by atoms with Crippen molar-refractivity contribution in [2.45, 2.75) is 38.2 Å². The predicted octanol–water partition coefficient (Wildman–Crippen LogP) is 0.163. The second kappa shape index (κ2) is 5.45. The molecular weight excluding hydrogens is 252 g/mol. The molecule has 0 aromatic heterocycles. The molecule has 0 radical (unpaired) electrons. The Morgan fingerprint density at radius 2 is 2.06 bits per heavy atom. The van der Waals surface area contributed by atoms with E-state index in [1.807, 2.05) is 0 Å². The molecule has 0 aromatic carbocycles. The van der Waals surface area contributed by atoms with Crippen LogP contribution in [0.1, 0.15) is 32.6 Å². The molecule has 6 heteroatoms. The van der Waals surface area contributed by atoms with Gasteiger partial charge in [0.25, 0.3) is 0 Å². The topological polar surface area (TPSA) is 69.6 Å². The molecule has 2 saturated heterocycles. The highest BCUT2D eigenvalue weighted by Gasteiger charge is 2.37. The van der Waals surface area contributed by atoms with Crippen molar-refractivity contribution in [2.24, 2.45) is 5.92 Å². The summed E-state index contributed by atoms with van der Waals surface area (Å²) in [5, 5.41) is 13.1. The first-order chi connectivity index (χ1) is 8.39. The van der Waals surface area contributed by atoms with E-state index in [4.69, 9.17) is 0 Å². The summed E-state index contributed by atoms with van der Waals surface area (Å²) in [6.07, 6.45) is 3.45. The van der Waals surface area contributed by atoms with Crippen molar-refractivity contribution in [1.29, 1.82) is 0 Å². The maximum Gasteiger partial charge on any atom is 0.214 e. The highest BCUT2D eigenvalue weighted by atomic mass is 32.2. The Morgan fingerprint density at radius 1 is 1.39 bits per heavy atom. The molecular formula is C12H24N2O3S. The lowest BCUT2D eigenvalue weighted by atomic mass is 9.96. The van der Waals surface area contributed by atoms with E-state index in [-0.39, 0.29) is 12.3 Å². The van der Waals surface area contributed by atoms with E-state index in [1.165, 1.54) is 4.31 Å². The number of hydrogen-bond acceptors (Lipinski definition) is 4. The van der Waals surface area contributed by atoms with Crippen LogP contribution in [0, 0.1) is 5.92 Å². The Bertz CT molecular complexity index is 375. The molecule has 2 aliphatic rings. The van der Waals surface area contributed by atoms with Gasteiger partial charge in [0.2, 0.25) is 10.0 Å². The molecule has 0 bridgehead atoms. The molecule has 0 aromatic rings. The Kier molecular flexibility index (Phi) is 4.31. The maximum absolute atomic E-state index is 12.2. The minimum absolute atomic E-state index is 0.230. The van der Waals surface area contributed by atoms with Crippen LogP contribution in [0.2, 0.25) is 0 Å². The average Bonchev–Trinajstić information content (AvgIpc) is 2.69. The van der Waals surface area contributed by atoms with Crippen molar-refractivity contribution in [3.63, 3.8) is 0 Å². The zero-order valence-corrected chi connectivity index (χ0v) is 11.9. The van der Waals surface area contributed by atoms with Crippen LogP contribution >= 0.6 is 0 Å². The molecule has 1 unspecified atom stereocenters. The average molecular weight is 276 g/mol. The van der Waals surface area contributed by atoms with Crippen LogP contribution < -0.4 is 5.32 Å². The summed E-state index contributed by atoms with van der Waals surface area (Å²) in [4.78, 5) is 0. The number of nitrogens with one attached hydrogen (secondary N) is 1. The van der Waals surface area contributed by atoms with Crippen LogP contribution in [-0.4, -0.2) is 55.4 Å². The van der Waals surface area contributed by atoms with Gasteiger partial charge in [-0.1, -0.05) is 0 Å². The van der Waals surface area contributed by atoms with E-state index >= 15 is 0 Å². The van der Waals surface area contributed by atoms with Crippen molar-refractivity contribution in [3.8, 4) is 0 Å². The fourth-order valence-corrected chi connectivity index (χ4v) is 4.49. The van der Waals surface area contributed by atoms with E-state index in [2.05, 4.69) is 5.32 Å². The van der Waals surface area contributed by atoms with Crippen molar-refractivity contribution < 1.29 is 13.5 Å². The van der Waals surface area contributed by atoms with Gasteiger partial charge >= 0.3 is 0 Å². The van der Waals surface area contributed by atoms with Gasteiger partial charge in [-0.25, -0.2) is 8.42 Å². The molecule has 1 atom stereocenters. The van der Waals surface area contributed by atoms with Crippen molar-refractivity contribution >= 4 is 10.0 Å². The zero-order valence-electron chi connectivity index (χ0n) is 11.1. The number of aliphatic hydroxyl groups is 1. The lowest BCUT2D eigenvalue weighted by Crippen LogP contribution is -2.36. The van der Waals surface area contributed by atoms with E-state index < -0.39 is 15.6 Å². The molecule has 0 spiro atoms. The van der Waals surface area contributed by atoms with Crippen LogP contribution in [-0.2, 0) is 10.0 Å². The molecule has 0 amide bonds.